The van der Waals surface area contributed by atoms with Crippen LogP contribution in [-0.2, 0) is 19.7 Å². The Morgan fingerprint density at radius 1 is 0.538 bits per heavy atom. The highest BCUT2D eigenvalue weighted by molar-refractivity contribution is 7.92. The number of phenols is 2. The van der Waals surface area contributed by atoms with E-state index in [2.05, 4.69) is 0 Å². The van der Waals surface area contributed by atoms with Gasteiger partial charge in [-0.2, -0.15) is 0 Å². The van der Waals surface area contributed by atoms with Crippen molar-refractivity contribution in [2.45, 2.75) is 38.8 Å². The van der Waals surface area contributed by atoms with E-state index in [0.29, 0.717) is 25.4 Å². The average Bonchev–Trinajstić information content (AvgIpc) is 2.93. The number of para-hydroxylation sites is 2. The van der Waals surface area contributed by atoms with E-state index in [1.165, 1.54) is 54.6 Å². The molecular weight excluding hydrogens is 540 g/mol. The van der Waals surface area contributed by atoms with E-state index in [1.807, 2.05) is 0 Å². The minimum atomic E-state index is -3.84. The first-order valence-electron chi connectivity index (χ1n) is 12.2. The Hall–Kier alpha value is -4.02. The topological polar surface area (TPSA) is 127 Å². The first kappa shape index (κ1) is 28.0. The summed E-state index contributed by atoms with van der Waals surface area (Å²) in [6, 6.07) is 23.6. The Morgan fingerprint density at radius 3 is 1.69 bits per heavy atom. The van der Waals surface area contributed by atoms with Crippen LogP contribution in [0.1, 0.15) is 19.3 Å². The molecule has 204 valence electrons. The average molecular weight is 569 g/mol. The van der Waals surface area contributed by atoms with Crippen LogP contribution in [0.15, 0.2) is 117 Å². The Labute approximate surface area is 227 Å². The van der Waals surface area contributed by atoms with Crippen LogP contribution in [0.4, 0.5) is 0 Å². The molecule has 0 aromatic heterocycles. The number of phenolic OH excluding ortho intramolecular Hbond substituents is 2. The van der Waals surface area contributed by atoms with Gasteiger partial charge in [-0.15, -0.1) is 0 Å². The highest BCUT2D eigenvalue weighted by atomic mass is 32.2. The zero-order valence-corrected chi connectivity index (χ0v) is 22.6. The molecule has 0 spiro atoms. The lowest BCUT2D eigenvalue weighted by Crippen LogP contribution is -2.07. The molecule has 0 radical (unpaired) electrons. The van der Waals surface area contributed by atoms with Crippen molar-refractivity contribution in [3.05, 3.63) is 97.1 Å². The molecule has 8 nitrogen and oxygen atoms in total. The molecule has 4 rings (SSSR count). The van der Waals surface area contributed by atoms with Gasteiger partial charge >= 0.3 is 0 Å². The Balaban J connectivity index is 1.24. The molecule has 4 aromatic rings. The number of ether oxygens (including phenoxy) is 2. The number of unbranched alkanes of at least 4 members (excludes halogenated alkanes) is 2. The highest BCUT2D eigenvalue weighted by Gasteiger charge is 2.22. The van der Waals surface area contributed by atoms with Crippen LogP contribution in [0.5, 0.6) is 23.0 Å². The van der Waals surface area contributed by atoms with E-state index in [4.69, 9.17) is 9.47 Å². The van der Waals surface area contributed by atoms with Crippen molar-refractivity contribution >= 4 is 19.7 Å². The SMILES string of the molecule is O=S(=O)(c1ccc(OCCCCCOc2ccccc2S(=O)(=O)c2ccc(O)cc2)cc1)c1ccccc1O. The minimum Gasteiger partial charge on any atom is -0.508 e. The molecule has 0 fully saturated rings. The molecule has 0 unspecified atom stereocenters. The fraction of sp³-hybridized carbons (Fsp3) is 0.172. The molecule has 0 saturated heterocycles. The van der Waals surface area contributed by atoms with Gasteiger partial charge in [0.1, 0.15) is 32.8 Å². The van der Waals surface area contributed by atoms with E-state index in [-0.39, 0.29) is 36.8 Å². The van der Waals surface area contributed by atoms with Gasteiger partial charge in [-0.3, -0.25) is 0 Å². The first-order valence-corrected chi connectivity index (χ1v) is 15.2. The van der Waals surface area contributed by atoms with Crippen LogP contribution in [0.3, 0.4) is 0 Å². The minimum absolute atomic E-state index is 0.0170. The summed E-state index contributed by atoms with van der Waals surface area (Å²) in [7, 11) is -7.65. The van der Waals surface area contributed by atoms with Crippen molar-refractivity contribution in [1.82, 2.24) is 0 Å². The van der Waals surface area contributed by atoms with Gasteiger partial charge in [0.25, 0.3) is 0 Å². The molecule has 2 N–H and O–H groups in total. The lowest BCUT2D eigenvalue weighted by atomic mass is 10.2. The third-order valence-electron chi connectivity index (χ3n) is 5.89. The van der Waals surface area contributed by atoms with Gasteiger partial charge in [0.15, 0.2) is 0 Å². The fourth-order valence-electron chi connectivity index (χ4n) is 3.82. The maximum absolute atomic E-state index is 13.0. The second kappa shape index (κ2) is 12.2. The van der Waals surface area contributed by atoms with Gasteiger partial charge in [0.2, 0.25) is 19.7 Å². The summed E-state index contributed by atoms with van der Waals surface area (Å²) in [4.78, 5) is 0.0342. The molecule has 10 heteroatoms. The standard InChI is InChI=1S/C29H28O8S2/c30-22-12-16-24(17-13-22)39(34,35)29-11-5-3-9-27(29)37-21-7-1-6-20-36-23-14-18-25(19-15-23)38(32,33)28-10-4-2-8-26(28)31/h2-5,8-19,30-31H,1,6-7,20-21H2. The molecule has 0 heterocycles. The van der Waals surface area contributed by atoms with E-state index in [0.717, 1.165) is 12.8 Å². The van der Waals surface area contributed by atoms with E-state index >= 15 is 0 Å². The normalized spacial score (nSPS) is 11.7. The zero-order valence-electron chi connectivity index (χ0n) is 20.9. The summed E-state index contributed by atoms with van der Waals surface area (Å²) in [6.45, 7) is 0.735. The van der Waals surface area contributed by atoms with Crippen LogP contribution in [-0.4, -0.2) is 40.3 Å². The van der Waals surface area contributed by atoms with Gasteiger partial charge in [-0.1, -0.05) is 24.3 Å². The Morgan fingerprint density at radius 2 is 1.05 bits per heavy atom. The van der Waals surface area contributed by atoms with Crippen molar-refractivity contribution in [1.29, 1.82) is 0 Å². The number of hydrogen-bond acceptors (Lipinski definition) is 8. The van der Waals surface area contributed by atoms with Crippen molar-refractivity contribution < 1.29 is 36.5 Å². The monoisotopic (exact) mass is 568 g/mol. The molecular formula is C29H28O8S2. The molecule has 0 aliphatic heterocycles. The van der Waals surface area contributed by atoms with Crippen LogP contribution in [0.2, 0.25) is 0 Å². The summed E-state index contributed by atoms with van der Waals surface area (Å²) in [5.74, 6) is 0.470. The third-order valence-corrected chi connectivity index (χ3v) is 9.52. The molecule has 0 aliphatic carbocycles. The molecule has 0 atom stereocenters. The van der Waals surface area contributed by atoms with Gasteiger partial charge in [0, 0.05) is 0 Å². The second-order valence-electron chi connectivity index (χ2n) is 8.64. The zero-order chi connectivity index (χ0) is 27.9. The Kier molecular flexibility index (Phi) is 8.78. The van der Waals surface area contributed by atoms with Gasteiger partial charge < -0.3 is 19.7 Å². The van der Waals surface area contributed by atoms with Crippen molar-refractivity contribution in [2.24, 2.45) is 0 Å². The molecule has 0 bridgehead atoms. The summed E-state index contributed by atoms with van der Waals surface area (Å²) in [6.07, 6.45) is 2.16. The first-order chi connectivity index (χ1) is 18.7. The number of benzene rings is 4. The number of aromatic hydroxyl groups is 2. The lowest BCUT2D eigenvalue weighted by Gasteiger charge is -2.12. The summed E-state index contributed by atoms with van der Waals surface area (Å²) in [5, 5.41) is 19.3. The molecule has 4 aromatic carbocycles. The van der Waals surface area contributed by atoms with Gasteiger partial charge in [-0.05, 0) is 92.1 Å². The molecule has 39 heavy (non-hydrogen) atoms. The summed E-state index contributed by atoms with van der Waals surface area (Å²) < 4.78 is 63.0. The van der Waals surface area contributed by atoms with E-state index < -0.39 is 19.7 Å². The maximum Gasteiger partial charge on any atom is 0.210 e. The van der Waals surface area contributed by atoms with Gasteiger partial charge in [0.05, 0.1) is 23.0 Å². The molecule has 0 aliphatic rings. The lowest BCUT2D eigenvalue weighted by molar-refractivity contribution is 0.276. The molecule has 0 amide bonds. The van der Waals surface area contributed by atoms with Crippen LogP contribution in [0, 0.1) is 0 Å². The quantitative estimate of drug-likeness (QED) is 0.218. The third kappa shape index (κ3) is 6.71. The van der Waals surface area contributed by atoms with E-state index in [1.54, 1.807) is 42.5 Å². The van der Waals surface area contributed by atoms with Gasteiger partial charge in [-0.25, -0.2) is 16.8 Å². The molecule has 0 saturated carbocycles. The number of sulfone groups is 2. The highest BCUT2D eigenvalue weighted by Crippen LogP contribution is 2.31. The fourth-order valence-corrected chi connectivity index (χ4v) is 6.57. The maximum atomic E-state index is 13.0. The summed E-state index contributed by atoms with van der Waals surface area (Å²) >= 11 is 0. The van der Waals surface area contributed by atoms with Crippen molar-refractivity contribution in [3.63, 3.8) is 0 Å². The van der Waals surface area contributed by atoms with E-state index in [9.17, 15) is 27.0 Å². The summed E-state index contributed by atoms with van der Waals surface area (Å²) in [5.41, 5.74) is 0. The van der Waals surface area contributed by atoms with Crippen LogP contribution < -0.4 is 9.47 Å². The smallest absolute Gasteiger partial charge is 0.210 e. The van der Waals surface area contributed by atoms with Crippen molar-refractivity contribution in [2.75, 3.05) is 13.2 Å². The number of hydrogen-bond donors (Lipinski definition) is 2. The van der Waals surface area contributed by atoms with Crippen LogP contribution in [0.25, 0.3) is 0 Å². The predicted molar refractivity (Wildman–Crippen MR) is 145 cm³/mol. The van der Waals surface area contributed by atoms with Crippen molar-refractivity contribution in [3.8, 4) is 23.0 Å². The number of rotatable bonds is 12. The predicted octanol–water partition coefficient (Wildman–Crippen LogP) is 5.39. The largest absolute Gasteiger partial charge is 0.508 e. The second-order valence-corrected chi connectivity index (χ2v) is 12.5. The Bertz CT molecular complexity index is 1610. The van der Waals surface area contributed by atoms with Crippen LogP contribution >= 0.6 is 0 Å².